The lowest BCUT2D eigenvalue weighted by Gasteiger charge is -2.17. The molecule has 1 aromatic heterocycles. The number of aromatic hydroxyl groups is 1. The lowest BCUT2D eigenvalue weighted by atomic mass is 9.87. The molecule has 0 bridgehead atoms. The van der Waals surface area contributed by atoms with Crippen LogP contribution in [0.15, 0.2) is 36.4 Å². The Morgan fingerprint density at radius 1 is 1.20 bits per heavy atom. The highest BCUT2D eigenvalue weighted by molar-refractivity contribution is 6.30. The number of aromatic nitrogens is 1. The van der Waals surface area contributed by atoms with Gasteiger partial charge in [0.2, 0.25) is 0 Å². The fourth-order valence-corrected chi connectivity index (χ4v) is 3.91. The Morgan fingerprint density at radius 3 is 2.40 bits per heavy atom. The average molecular weight is 432 g/mol. The van der Waals surface area contributed by atoms with E-state index in [1.54, 1.807) is 31.2 Å². The Labute approximate surface area is 178 Å². The second-order valence-electron chi connectivity index (χ2n) is 7.61. The molecule has 30 heavy (non-hydrogen) atoms. The summed E-state index contributed by atoms with van der Waals surface area (Å²) in [7, 11) is 0. The molecular formula is C23H23ClFNO4. The smallest absolute Gasteiger partial charge is 0.311 e. The molecule has 0 amide bonds. The lowest BCUT2D eigenvalue weighted by Crippen LogP contribution is -2.18. The molecule has 7 heteroatoms. The van der Waals surface area contributed by atoms with Crippen molar-refractivity contribution >= 4 is 34.4 Å². The summed E-state index contributed by atoms with van der Waals surface area (Å²) in [6.07, 6.45) is 1.16. The van der Waals surface area contributed by atoms with Crippen LogP contribution in [-0.2, 0) is 4.79 Å². The number of carbonyl (C=O) groups is 2. The third-order valence-corrected chi connectivity index (χ3v) is 5.85. The van der Waals surface area contributed by atoms with Gasteiger partial charge in [-0.05, 0) is 55.2 Å². The molecule has 0 aliphatic rings. The highest BCUT2D eigenvalue weighted by atomic mass is 35.5. The molecule has 1 heterocycles. The number of aliphatic carboxylic acids is 1. The number of benzene rings is 2. The molecule has 0 spiro atoms. The van der Waals surface area contributed by atoms with Gasteiger partial charge in [0, 0.05) is 27.7 Å². The van der Waals surface area contributed by atoms with E-state index in [0.29, 0.717) is 33.7 Å². The van der Waals surface area contributed by atoms with Crippen LogP contribution < -0.4 is 0 Å². The molecule has 3 rings (SSSR count). The number of carboxylic acid groups (broad SMARTS) is 1. The lowest BCUT2D eigenvalue weighted by molar-refractivity contribution is -0.139. The van der Waals surface area contributed by atoms with Crippen molar-refractivity contribution < 1.29 is 24.2 Å². The van der Waals surface area contributed by atoms with Crippen molar-refractivity contribution in [1.82, 2.24) is 4.57 Å². The van der Waals surface area contributed by atoms with Crippen molar-refractivity contribution in [2.24, 2.45) is 5.92 Å². The maximum absolute atomic E-state index is 14.2. The summed E-state index contributed by atoms with van der Waals surface area (Å²) in [6, 6.07) is 8.53. The Kier molecular flexibility index (Phi) is 6.17. The SMILES string of the molecule is CCC(C)C[C@H](C(=O)O)c1c(C)n(C(=O)c2ccc(Cl)cc2)c2cc(F)c(O)cc12. The van der Waals surface area contributed by atoms with E-state index >= 15 is 0 Å². The minimum Gasteiger partial charge on any atom is -0.505 e. The predicted molar refractivity (Wildman–Crippen MR) is 114 cm³/mol. The molecule has 1 unspecified atom stereocenters. The van der Waals surface area contributed by atoms with E-state index in [0.717, 1.165) is 12.5 Å². The van der Waals surface area contributed by atoms with E-state index in [2.05, 4.69) is 0 Å². The van der Waals surface area contributed by atoms with Crippen LogP contribution in [0.4, 0.5) is 4.39 Å². The number of fused-ring (bicyclic) bond motifs is 1. The first-order chi connectivity index (χ1) is 14.1. The van der Waals surface area contributed by atoms with Gasteiger partial charge in [-0.3, -0.25) is 14.2 Å². The Morgan fingerprint density at radius 2 is 1.83 bits per heavy atom. The number of hydrogen-bond donors (Lipinski definition) is 2. The molecule has 2 atom stereocenters. The van der Waals surface area contributed by atoms with Gasteiger partial charge >= 0.3 is 5.97 Å². The molecular weight excluding hydrogens is 409 g/mol. The Balaban J connectivity index is 2.29. The number of carbonyl (C=O) groups excluding carboxylic acids is 1. The summed E-state index contributed by atoms with van der Waals surface area (Å²) < 4.78 is 15.5. The molecule has 0 saturated heterocycles. The summed E-state index contributed by atoms with van der Waals surface area (Å²) >= 11 is 5.91. The molecule has 158 valence electrons. The van der Waals surface area contributed by atoms with Crippen molar-refractivity contribution in [2.75, 3.05) is 0 Å². The minimum absolute atomic E-state index is 0.130. The number of phenolic OH excluding ortho intramolecular Hbond substituents is 1. The third kappa shape index (κ3) is 3.92. The highest BCUT2D eigenvalue weighted by Gasteiger charge is 2.31. The summed E-state index contributed by atoms with van der Waals surface area (Å²) in [5.74, 6) is -3.70. The molecule has 0 fully saturated rings. The van der Waals surface area contributed by atoms with E-state index in [-0.39, 0.29) is 11.4 Å². The van der Waals surface area contributed by atoms with Crippen LogP contribution in [0.3, 0.4) is 0 Å². The van der Waals surface area contributed by atoms with E-state index < -0.39 is 29.4 Å². The van der Waals surface area contributed by atoms with Crippen molar-refractivity contribution in [3.63, 3.8) is 0 Å². The van der Waals surface area contributed by atoms with E-state index in [4.69, 9.17) is 11.6 Å². The maximum atomic E-state index is 14.2. The minimum atomic E-state index is -1.03. The molecule has 2 aromatic carbocycles. The quantitative estimate of drug-likeness (QED) is 0.521. The maximum Gasteiger partial charge on any atom is 0.311 e. The number of carboxylic acids is 1. The summed E-state index contributed by atoms with van der Waals surface area (Å²) in [4.78, 5) is 25.4. The van der Waals surface area contributed by atoms with Gasteiger partial charge in [-0.1, -0.05) is 31.9 Å². The fraction of sp³-hybridized carbons (Fsp3) is 0.304. The van der Waals surface area contributed by atoms with Crippen LogP contribution in [-0.4, -0.2) is 26.7 Å². The molecule has 2 N–H and O–H groups in total. The molecule has 0 saturated carbocycles. The standard InChI is InChI=1S/C23H23ClFNO4/c1-4-12(2)9-17(23(29)30)21-13(3)26(19-11-18(25)20(27)10-16(19)21)22(28)14-5-7-15(24)8-6-14/h5-8,10-12,17,27H,4,9H2,1-3H3,(H,29,30)/t12?,17-/m0/s1. The second-order valence-corrected chi connectivity index (χ2v) is 8.04. The fourth-order valence-electron chi connectivity index (χ4n) is 3.78. The van der Waals surface area contributed by atoms with Gasteiger partial charge in [0.05, 0.1) is 11.4 Å². The van der Waals surface area contributed by atoms with Crippen molar-refractivity contribution in [1.29, 1.82) is 0 Å². The van der Waals surface area contributed by atoms with Crippen LogP contribution in [0.2, 0.25) is 5.02 Å². The van der Waals surface area contributed by atoms with Crippen molar-refractivity contribution in [3.05, 3.63) is 64.1 Å². The van der Waals surface area contributed by atoms with Crippen LogP contribution in [0, 0.1) is 18.7 Å². The number of halogens is 2. The molecule has 5 nitrogen and oxygen atoms in total. The third-order valence-electron chi connectivity index (χ3n) is 5.60. The van der Waals surface area contributed by atoms with Gasteiger partial charge in [-0.15, -0.1) is 0 Å². The van der Waals surface area contributed by atoms with Crippen LogP contribution >= 0.6 is 11.6 Å². The first-order valence-corrected chi connectivity index (χ1v) is 10.1. The van der Waals surface area contributed by atoms with Gasteiger partial charge in [0.1, 0.15) is 0 Å². The van der Waals surface area contributed by atoms with Gasteiger partial charge in [0.15, 0.2) is 11.6 Å². The predicted octanol–water partition coefficient (Wildman–Crippen LogP) is 5.74. The second kappa shape index (κ2) is 8.48. The number of nitrogens with zero attached hydrogens (tertiary/aromatic N) is 1. The zero-order valence-corrected chi connectivity index (χ0v) is 17.7. The van der Waals surface area contributed by atoms with Gasteiger partial charge < -0.3 is 10.2 Å². The van der Waals surface area contributed by atoms with Crippen molar-refractivity contribution in [2.45, 2.75) is 39.5 Å². The summed E-state index contributed by atoms with van der Waals surface area (Å²) in [5, 5.41) is 20.7. The zero-order chi connectivity index (χ0) is 22.2. The molecule has 3 aromatic rings. The zero-order valence-electron chi connectivity index (χ0n) is 16.9. The van der Waals surface area contributed by atoms with Crippen LogP contribution in [0.5, 0.6) is 5.75 Å². The Bertz CT molecular complexity index is 1120. The highest BCUT2D eigenvalue weighted by Crippen LogP contribution is 2.38. The van der Waals surface area contributed by atoms with E-state index in [1.165, 1.54) is 10.6 Å². The summed E-state index contributed by atoms with van der Waals surface area (Å²) in [6.45, 7) is 5.58. The van der Waals surface area contributed by atoms with Crippen LogP contribution in [0.25, 0.3) is 10.9 Å². The van der Waals surface area contributed by atoms with E-state index in [9.17, 15) is 24.2 Å². The normalized spacial score (nSPS) is 13.4. The summed E-state index contributed by atoms with van der Waals surface area (Å²) in [5.41, 5.74) is 1.36. The van der Waals surface area contributed by atoms with Gasteiger partial charge in [-0.25, -0.2) is 4.39 Å². The van der Waals surface area contributed by atoms with E-state index in [1.807, 2.05) is 13.8 Å². The average Bonchev–Trinajstić information content (AvgIpc) is 2.97. The van der Waals surface area contributed by atoms with Crippen molar-refractivity contribution in [3.8, 4) is 5.75 Å². The first-order valence-electron chi connectivity index (χ1n) is 9.72. The molecule has 0 aliphatic carbocycles. The van der Waals surface area contributed by atoms with Crippen LogP contribution in [0.1, 0.15) is 54.2 Å². The largest absolute Gasteiger partial charge is 0.505 e. The number of rotatable bonds is 6. The van der Waals surface area contributed by atoms with Gasteiger partial charge in [0.25, 0.3) is 5.91 Å². The molecule has 0 aliphatic heterocycles. The first kappa shape index (κ1) is 21.8. The number of hydrogen-bond acceptors (Lipinski definition) is 3. The molecule has 0 radical (unpaired) electrons. The monoisotopic (exact) mass is 431 g/mol. The van der Waals surface area contributed by atoms with Gasteiger partial charge in [-0.2, -0.15) is 0 Å². The topological polar surface area (TPSA) is 79.5 Å². The Hall–Kier alpha value is -2.86. The number of phenols is 1.